The highest BCUT2D eigenvalue weighted by Crippen LogP contribution is 2.64. The zero-order chi connectivity index (χ0) is 19.4. The van der Waals surface area contributed by atoms with Crippen molar-refractivity contribution in [3.05, 3.63) is 35.5 Å². The molecule has 6 atom stereocenters. The maximum Gasteiger partial charge on any atom is 0.303 e. The number of carbonyl (C=O) groups excluding carboxylic acids is 3. The molecule has 4 rings (SSSR count). The number of fused-ring (bicyclic) bond motifs is 5. The molecular weight excluding hydrogens is 340 g/mol. The van der Waals surface area contributed by atoms with E-state index in [1.54, 1.807) is 6.08 Å². The van der Waals surface area contributed by atoms with Gasteiger partial charge >= 0.3 is 5.97 Å². The van der Waals surface area contributed by atoms with Gasteiger partial charge in [0.05, 0.1) is 0 Å². The van der Waals surface area contributed by atoms with Crippen molar-refractivity contribution in [2.45, 2.75) is 59.0 Å². The summed E-state index contributed by atoms with van der Waals surface area (Å²) in [6.07, 6.45) is 13.0. The van der Waals surface area contributed by atoms with E-state index in [0.29, 0.717) is 11.8 Å². The topological polar surface area (TPSA) is 60.4 Å². The molecule has 0 aliphatic heterocycles. The molecule has 0 saturated heterocycles. The van der Waals surface area contributed by atoms with Gasteiger partial charge in [0.15, 0.2) is 18.2 Å². The molecular formula is C23H28O4. The molecule has 0 aromatic carbocycles. The first kappa shape index (κ1) is 18.4. The smallest absolute Gasteiger partial charge is 0.303 e. The fraction of sp³-hybridized carbons (Fsp3) is 0.609. The van der Waals surface area contributed by atoms with Crippen LogP contribution < -0.4 is 0 Å². The SMILES string of the molecule is CC(=O)OC(C=O)C1CCC2C3CCC4=CC(=O)C=C[C@]4(C)C3=CC[C@]12C. The average Bonchev–Trinajstić information content (AvgIpc) is 2.97. The fourth-order valence-electron chi connectivity index (χ4n) is 6.49. The van der Waals surface area contributed by atoms with Crippen molar-refractivity contribution in [3.8, 4) is 0 Å². The van der Waals surface area contributed by atoms with Crippen LogP contribution in [-0.2, 0) is 19.1 Å². The molecule has 0 heterocycles. The molecule has 0 amide bonds. The predicted molar refractivity (Wildman–Crippen MR) is 102 cm³/mol. The molecule has 0 aromatic heterocycles. The third kappa shape index (κ3) is 2.67. The molecule has 4 heteroatoms. The molecule has 2 saturated carbocycles. The molecule has 4 unspecified atom stereocenters. The van der Waals surface area contributed by atoms with E-state index in [-0.39, 0.29) is 28.5 Å². The van der Waals surface area contributed by atoms with E-state index < -0.39 is 6.10 Å². The Hall–Kier alpha value is -1.97. The van der Waals surface area contributed by atoms with E-state index in [0.717, 1.165) is 38.4 Å². The third-order valence-electron chi connectivity index (χ3n) is 7.85. The summed E-state index contributed by atoms with van der Waals surface area (Å²) in [6.45, 7) is 5.88. The summed E-state index contributed by atoms with van der Waals surface area (Å²) >= 11 is 0. The van der Waals surface area contributed by atoms with Crippen LogP contribution in [0.1, 0.15) is 52.9 Å². The molecule has 0 bridgehead atoms. The van der Waals surface area contributed by atoms with Gasteiger partial charge in [-0.2, -0.15) is 0 Å². The number of rotatable bonds is 3. The van der Waals surface area contributed by atoms with E-state index in [1.807, 2.05) is 6.08 Å². The molecule has 2 fully saturated rings. The second-order valence-electron chi connectivity index (χ2n) is 9.12. The molecule has 4 aliphatic rings. The van der Waals surface area contributed by atoms with Gasteiger partial charge in [-0.3, -0.25) is 14.4 Å². The summed E-state index contributed by atoms with van der Waals surface area (Å²) in [7, 11) is 0. The van der Waals surface area contributed by atoms with Crippen molar-refractivity contribution in [2.75, 3.05) is 0 Å². The molecule has 0 aromatic rings. The van der Waals surface area contributed by atoms with Gasteiger partial charge in [0.1, 0.15) is 0 Å². The Balaban J connectivity index is 1.68. The van der Waals surface area contributed by atoms with Gasteiger partial charge in [-0.1, -0.05) is 30.2 Å². The summed E-state index contributed by atoms with van der Waals surface area (Å²) in [5.74, 6) is 0.750. The lowest BCUT2D eigenvalue weighted by molar-refractivity contribution is -0.155. The first-order valence-electron chi connectivity index (χ1n) is 10.1. The fourth-order valence-corrected chi connectivity index (χ4v) is 6.49. The predicted octanol–water partition coefficient (Wildman–Crippen LogP) is 3.96. The Labute approximate surface area is 160 Å². The lowest BCUT2D eigenvalue weighted by Crippen LogP contribution is -2.46. The molecule has 0 radical (unpaired) electrons. The maximum absolute atomic E-state index is 11.8. The number of allylic oxidation sites excluding steroid dienone is 6. The van der Waals surface area contributed by atoms with Crippen LogP contribution in [0.25, 0.3) is 0 Å². The first-order valence-corrected chi connectivity index (χ1v) is 10.1. The summed E-state index contributed by atoms with van der Waals surface area (Å²) in [5, 5.41) is 0. The van der Waals surface area contributed by atoms with Gasteiger partial charge < -0.3 is 4.74 Å². The van der Waals surface area contributed by atoms with Crippen molar-refractivity contribution >= 4 is 18.0 Å². The number of aldehydes is 1. The van der Waals surface area contributed by atoms with E-state index in [9.17, 15) is 14.4 Å². The number of hydrogen-bond acceptors (Lipinski definition) is 4. The van der Waals surface area contributed by atoms with Crippen LogP contribution in [0.3, 0.4) is 0 Å². The van der Waals surface area contributed by atoms with Crippen molar-refractivity contribution in [3.63, 3.8) is 0 Å². The normalized spacial score (nSPS) is 40.9. The van der Waals surface area contributed by atoms with E-state index in [4.69, 9.17) is 4.74 Å². The lowest BCUT2D eigenvalue weighted by Gasteiger charge is -2.52. The Morgan fingerprint density at radius 2 is 2.07 bits per heavy atom. The minimum atomic E-state index is -0.644. The Morgan fingerprint density at radius 1 is 1.30 bits per heavy atom. The minimum Gasteiger partial charge on any atom is -0.455 e. The average molecular weight is 368 g/mol. The van der Waals surface area contributed by atoms with Crippen molar-refractivity contribution in [2.24, 2.45) is 28.6 Å². The summed E-state index contributed by atoms with van der Waals surface area (Å²) in [5.41, 5.74) is 2.51. The van der Waals surface area contributed by atoms with E-state index in [1.165, 1.54) is 18.1 Å². The number of ether oxygens (including phenoxy) is 1. The van der Waals surface area contributed by atoms with Gasteiger partial charge in [0, 0.05) is 18.3 Å². The van der Waals surface area contributed by atoms with Gasteiger partial charge in [0.2, 0.25) is 0 Å². The van der Waals surface area contributed by atoms with Crippen molar-refractivity contribution in [1.29, 1.82) is 0 Å². The van der Waals surface area contributed by atoms with Gasteiger partial charge in [-0.05, 0) is 68.4 Å². The maximum atomic E-state index is 11.8. The van der Waals surface area contributed by atoms with E-state index in [2.05, 4.69) is 26.0 Å². The van der Waals surface area contributed by atoms with Crippen LogP contribution in [0.4, 0.5) is 0 Å². The number of ketones is 1. The number of hydrogen-bond donors (Lipinski definition) is 0. The molecule has 27 heavy (non-hydrogen) atoms. The highest BCUT2D eigenvalue weighted by atomic mass is 16.5. The summed E-state index contributed by atoms with van der Waals surface area (Å²) in [4.78, 5) is 34.9. The zero-order valence-electron chi connectivity index (χ0n) is 16.4. The van der Waals surface area contributed by atoms with Crippen LogP contribution in [0.5, 0.6) is 0 Å². The summed E-state index contributed by atoms with van der Waals surface area (Å²) in [6, 6.07) is 0. The highest BCUT2D eigenvalue weighted by molar-refractivity contribution is 6.01. The van der Waals surface area contributed by atoms with Crippen molar-refractivity contribution < 1.29 is 19.1 Å². The molecule has 4 nitrogen and oxygen atoms in total. The van der Waals surface area contributed by atoms with Crippen LogP contribution >= 0.6 is 0 Å². The van der Waals surface area contributed by atoms with Crippen molar-refractivity contribution in [1.82, 2.24) is 0 Å². The van der Waals surface area contributed by atoms with Crippen LogP contribution in [0, 0.1) is 28.6 Å². The van der Waals surface area contributed by atoms with Gasteiger partial charge in [-0.25, -0.2) is 0 Å². The van der Waals surface area contributed by atoms with E-state index >= 15 is 0 Å². The highest BCUT2D eigenvalue weighted by Gasteiger charge is 2.57. The van der Waals surface area contributed by atoms with Crippen LogP contribution in [-0.4, -0.2) is 24.1 Å². The quantitative estimate of drug-likeness (QED) is 0.430. The molecule has 144 valence electrons. The Morgan fingerprint density at radius 3 is 2.78 bits per heavy atom. The third-order valence-corrected chi connectivity index (χ3v) is 7.85. The number of carbonyl (C=O) groups is 3. The van der Waals surface area contributed by atoms with Crippen LogP contribution in [0.15, 0.2) is 35.5 Å². The standard InChI is InChI=1S/C23H28O4/c1-14(25)27-21(13-24)20-7-6-18-17-5-4-15-12-16(26)8-10-22(15,2)19(17)9-11-23(18,20)3/h8-10,12-13,17-18,20-21H,4-7,11H2,1-3H3/t17?,18?,20?,21?,22-,23-/m0/s1. The monoisotopic (exact) mass is 368 g/mol. The van der Waals surface area contributed by atoms with Gasteiger partial charge in [-0.15, -0.1) is 0 Å². The van der Waals surface area contributed by atoms with Crippen LogP contribution in [0.2, 0.25) is 0 Å². The lowest BCUT2D eigenvalue weighted by atomic mass is 9.52. The molecule has 0 N–H and O–H groups in total. The first-order chi connectivity index (χ1) is 12.8. The largest absolute Gasteiger partial charge is 0.455 e. The summed E-state index contributed by atoms with van der Waals surface area (Å²) < 4.78 is 5.37. The minimum absolute atomic E-state index is 0.0268. The second kappa shape index (κ2) is 6.29. The Kier molecular flexibility index (Phi) is 4.28. The number of esters is 1. The molecule has 4 aliphatic carbocycles. The molecule has 0 spiro atoms. The van der Waals surface area contributed by atoms with Gasteiger partial charge in [0.25, 0.3) is 0 Å². The second-order valence-corrected chi connectivity index (χ2v) is 9.12. The zero-order valence-corrected chi connectivity index (χ0v) is 16.4. The Bertz CT molecular complexity index is 788.